The van der Waals surface area contributed by atoms with Crippen LogP contribution in [-0.2, 0) is 47.7 Å². The standard InChI is InChI=1S/2C20H20O5/c2*1-5-7-13-8-12-9-15-16(17(21)11(3)6-2)19(23)25-20(15,4)18(22)14(12)10-24-13/h2*5,7-11H,6H2,1-4H3/b7-5+;7-5-. The van der Waals surface area contributed by atoms with Crippen LogP contribution in [0.5, 0.6) is 0 Å². The van der Waals surface area contributed by atoms with Gasteiger partial charge >= 0.3 is 11.9 Å². The molecule has 4 heterocycles. The van der Waals surface area contributed by atoms with Crippen LogP contribution in [0, 0.1) is 11.8 Å². The Kier molecular flexibility index (Phi) is 9.69. The molecule has 4 unspecified atom stereocenters. The Bertz CT molecular complexity index is 1810. The molecule has 0 aromatic rings. The van der Waals surface area contributed by atoms with Gasteiger partial charge in [-0.2, -0.15) is 0 Å². The summed E-state index contributed by atoms with van der Waals surface area (Å²) in [5, 5.41) is 0. The zero-order chi connectivity index (χ0) is 36.7. The Morgan fingerprint density at radius 1 is 0.660 bits per heavy atom. The van der Waals surface area contributed by atoms with Crippen LogP contribution in [0.1, 0.15) is 68.2 Å². The van der Waals surface area contributed by atoms with Crippen molar-refractivity contribution in [2.24, 2.45) is 11.8 Å². The molecule has 50 heavy (non-hydrogen) atoms. The van der Waals surface area contributed by atoms with Gasteiger partial charge in [-0.3, -0.25) is 19.2 Å². The number of hydrogen-bond donors (Lipinski definition) is 0. The van der Waals surface area contributed by atoms with Crippen LogP contribution in [0.3, 0.4) is 0 Å². The van der Waals surface area contributed by atoms with Crippen molar-refractivity contribution >= 4 is 35.1 Å². The molecule has 0 bridgehead atoms. The first-order valence-corrected chi connectivity index (χ1v) is 16.7. The van der Waals surface area contributed by atoms with Crippen LogP contribution in [0.2, 0.25) is 0 Å². The third-order valence-electron chi connectivity index (χ3n) is 9.64. The van der Waals surface area contributed by atoms with Gasteiger partial charge in [0.15, 0.2) is 22.8 Å². The van der Waals surface area contributed by atoms with Crippen LogP contribution in [0.15, 0.2) is 117 Å². The van der Waals surface area contributed by atoms with Gasteiger partial charge in [-0.1, -0.05) is 39.8 Å². The van der Waals surface area contributed by atoms with Gasteiger partial charge in [-0.25, -0.2) is 9.59 Å². The molecule has 0 N–H and O–H groups in total. The largest absolute Gasteiger partial charge is 0.464 e. The molecule has 0 aromatic carbocycles. The third-order valence-corrected chi connectivity index (χ3v) is 9.64. The summed E-state index contributed by atoms with van der Waals surface area (Å²) in [6.07, 6.45) is 17.9. The lowest BCUT2D eigenvalue weighted by Crippen LogP contribution is -2.41. The number of Topliss-reactive ketones (excluding diaryl/α,β-unsaturated/α-hetero) is 4. The van der Waals surface area contributed by atoms with Crippen molar-refractivity contribution in [1.29, 1.82) is 0 Å². The van der Waals surface area contributed by atoms with E-state index in [0.29, 0.717) is 57.8 Å². The number of carbonyl (C=O) groups is 6. The van der Waals surface area contributed by atoms with Gasteiger partial charge < -0.3 is 18.9 Å². The first kappa shape index (κ1) is 35.9. The number of ether oxygens (including phenoxy) is 4. The lowest BCUT2D eigenvalue weighted by atomic mass is 9.76. The van der Waals surface area contributed by atoms with Crippen molar-refractivity contribution in [3.05, 3.63) is 117 Å². The van der Waals surface area contributed by atoms with Gasteiger partial charge in [-0.15, -0.1) is 0 Å². The number of fused-ring (bicyclic) bond motifs is 4. The molecule has 2 aliphatic carbocycles. The topological polar surface area (TPSA) is 139 Å². The van der Waals surface area contributed by atoms with E-state index < -0.39 is 23.1 Å². The van der Waals surface area contributed by atoms with Crippen molar-refractivity contribution in [3.8, 4) is 0 Å². The van der Waals surface area contributed by atoms with Crippen molar-refractivity contribution in [2.45, 2.75) is 79.4 Å². The fraction of sp³-hybridized carbons (Fsp3) is 0.350. The molecule has 6 rings (SSSR count). The van der Waals surface area contributed by atoms with Gasteiger partial charge in [0.05, 0.1) is 11.1 Å². The zero-order valence-corrected chi connectivity index (χ0v) is 29.4. The number of carbonyl (C=O) groups excluding carboxylic acids is 6. The Morgan fingerprint density at radius 2 is 1.02 bits per heavy atom. The maximum absolute atomic E-state index is 12.9. The molecule has 0 amide bonds. The van der Waals surface area contributed by atoms with E-state index in [-0.39, 0.29) is 46.1 Å². The van der Waals surface area contributed by atoms with E-state index in [1.54, 1.807) is 50.3 Å². The van der Waals surface area contributed by atoms with E-state index in [2.05, 4.69) is 0 Å². The number of esters is 2. The minimum absolute atomic E-state index is 0.00998. The summed E-state index contributed by atoms with van der Waals surface area (Å²) in [7, 11) is 0. The van der Waals surface area contributed by atoms with Gasteiger partial charge in [-0.05, 0) is 88.1 Å². The van der Waals surface area contributed by atoms with Crippen LogP contribution < -0.4 is 0 Å². The first-order valence-electron chi connectivity index (χ1n) is 16.7. The second-order valence-electron chi connectivity index (χ2n) is 13.0. The fourth-order valence-electron chi connectivity index (χ4n) is 6.22. The lowest BCUT2D eigenvalue weighted by Gasteiger charge is -2.30. The molecule has 0 saturated heterocycles. The summed E-state index contributed by atoms with van der Waals surface area (Å²) >= 11 is 0. The highest BCUT2D eigenvalue weighted by atomic mass is 16.6. The second kappa shape index (κ2) is 13.5. The normalized spacial score (nSPS) is 26.3. The average Bonchev–Trinajstić information content (AvgIpc) is 3.51. The Morgan fingerprint density at radius 3 is 1.34 bits per heavy atom. The third kappa shape index (κ3) is 5.82. The van der Waals surface area contributed by atoms with Crippen LogP contribution in [-0.4, -0.2) is 46.3 Å². The number of rotatable bonds is 8. The van der Waals surface area contributed by atoms with Crippen LogP contribution in [0.25, 0.3) is 0 Å². The summed E-state index contributed by atoms with van der Waals surface area (Å²) in [6.45, 7) is 14.1. The average molecular weight is 681 g/mol. The Hall–Kier alpha value is -5.38. The summed E-state index contributed by atoms with van der Waals surface area (Å²) in [6, 6.07) is 0. The summed E-state index contributed by atoms with van der Waals surface area (Å²) in [5.41, 5.74) is -0.368. The molecular weight excluding hydrogens is 640 g/mol. The van der Waals surface area contributed by atoms with Crippen molar-refractivity contribution < 1.29 is 47.7 Å². The minimum atomic E-state index is -1.47. The van der Waals surface area contributed by atoms with Crippen molar-refractivity contribution in [1.82, 2.24) is 0 Å². The summed E-state index contributed by atoms with van der Waals surface area (Å²) < 4.78 is 21.6. The van der Waals surface area contributed by atoms with Crippen LogP contribution in [0.4, 0.5) is 0 Å². The molecule has 0 fully saturated rings. The molecule has 10 nitrogen and oxygen atoms in total. The predicted octanol–water partition coefficient (Wildman–Crippen LogP) is 6.19. The zero-order valence-electron chi connectivity index (χ0n) is 29.4. The molecule has 4 aliphatic heterocycles. The number of hydrogen-bond acceptors (Lipinski definition) is 10. The smallest absolute Gasteiger partial charge is 0.343 e. The minimum Gasteiger partial charge on any atom is -0.464 e. The number of ketones is 4. The molecular formula is C40H40O10. The molecule has 4 atom stereocenters. The van der Waals surface area contributed by atoms with Crippen molar-refractivity contribution in [2.75, 3.05) is 0 Å². The maximum Gasteiger partial charge on any atom is 0.343 e. The van der Waals surface area contributed by atoms with E-state index in [1.165, 1.54) is 26.4 Å². The highest BCUT2D eigenvalue weighted by molar-refractivity contribution is 6.26. The summed E-state index contributed by atoms with van der Waals surface area (Å²) in [5.74, 6) is -2.26. The van der Waals surface area contributed by atoms with E-state index in [9.17, 15) is 28.8 Å². The Balaban J connectivity index is 0.000000194. The lowest BCUT2D eigenvalue weighted by molar-refractivity contribution is -0.153. The molecule has 0 spiro atoms. The van der Waals surface area contributed by atoms with E-state index >= 15 is 0 Å². The second-order valence-corrected chi connectivity index (χ2v) is 13.0. The van der Waals surface area contributed by atoms with Crippen LogP contribution >= 0.6 is 0 Å². The molecule has 260 valence electrons. The monoisotopic (exact) mass is 680 g/mol. The maximum atomic E-state index is 12.9. The van der Waals surface area contributed by atoms with Gasteiger partial charge in [0.1, 0.15) is 35.2 Å². The van der Waals surface area contributed by atoms with E-state index in [4.69, 9.17) is 18.9 Å². The number of allylic oxidation sites excluding steroid dienone is 8. The molecule has 10 heteroatoms. The Labute approximate surface area is 290 Å². The highest BCUT2D eigenvalue weighted by Gasteiger charge is 2.56. The predicted molar refractivity (Wildman–Crippen MR) is 182 cm³/mol. The highest BCUT2D eigenvalue weighted by Crippen LogP contribution is 2.46. The van der Waals surface area contributed by atoms with Gasteiger partial charge in [0.2, 0.25) is 11.6 Å². The molecule has 0 saturated carbocycles. The summed E-state index contributed by atoms with van der Waals surface area (Å²) in [4.78, 5) is 75.9. The molecule has 0 aromatic heterocycles. The fourth-order valence-corrected chi connectivity index (χ4v) is 6.22. The first-order chi connectivity index (χ1) is 23.7. The SMILES string of the molecule is C/C=C/C1=CC2=CC3=C(C(=O)C(C)CC)C(=O)OC3(C)C(=O)C2=CO1.C/C=C\C1=CC2=CC3=C(C(=O)C(C)CC)C(=O)OC3(C)C(=O)C2=CO1. The quantitative estimate of drug-likeness (QED) is 0.215. The van der Waals surface area contributed by atoms with E-state index in [0.717, 1.165) is 0 Å². The van der Waals surface area contributed by atoms with Gasteiger partial charge in [0.25, 0.3) is 0 Å². The van der Waals surface area contributed by atoms with Crippen molar-refractivity contribution in [3.63, 3.8) is 0 Å². The molecule has 0 radical (unpaired) electrons. The molecule has 6 aliphatic rings. The van der Waals surface area contributed by atoms with Gasteiger partial charge in [0, 0.05) is 23.0 Å². The van der Waals surface area contributed by atoms with E-state index in [1.807, 2.05) is 39.8 Å².